The highest BCUT2D eigenvalue weighted by atomic mass is 16.5. The van der Waals surface area contributed by atoms with Crippen LogP contribution in [0.5, 0.6) is 5.88 Å². The van der Waals surface area contributed by atoms with Crippen molar-refractivity contribution < 1.29 is 4.74 Å². The van der Waals surface area contributed by atoms with E-state index in [2.05, 4.69) is 21.9 Å². The number of rotatable bonds is 1. The molecule has 0 unspecified atom stereocenters. The third-order valence-electron chi connectivity index (χ3n) is 3.55. The van der Waals surface area contributed by atoms with Crippen molar-refractivity contribution in [2.75, 3.05) is 27.2 Å². The molecule has 0 fully saturated rings. The molecular weight excluding hydrogens is 214 g/mol. The number of nitrogens with one attached hydrogen (secondary N) is 1. The van der Waals surface area contributed by atoms with E-state index in [1.807, 2.05) is 12.3 Å². The molecule has 0 spiro atoms. The van der Waals surface area contributed by atoms with Gasteiger partial charge in [0, 0.05) is 42.9 Å². The van der Waals surface area contributed by atoms with Crippen molar-refractivity contribution in [2.24, 2.45) is 0 Å². The summed E-state index contributed by atoms with van der Waals surface area (Å²) in [6.07, 6.45) is 4.11. The average molecular weight is 231 g/mol. The lowest BCUT2D eigenvalue weighted by Gasteiger charge is -2.11. The number of aromatic nitrogens is 2. The second kappa shape index (κ2) is 4.04. The first-order valence-corrected chi connectivity index (χ1v) is 6.00. The molecule has 0 amide bonds. The van der Waals surface area contributed by atoms with E-state index >= 15 is 0 Å². The van der Waals surface area contributed by atoms with Crippen LogP contribution in [0, 0.1) is 0 Å². The van der Waals surface area contributed by atoms with Crippen LogP contribution in [-0.4, -0.2) is 42.1 Å². The van der Waals surface area contributed by atoms with E-state index in [4.69, 9.17) is 4.74 Å². The molecule has 2 aromatic rings. The van der Waals surface area contributed by atoms with Gasteiger partial charge in [-0.3, -0.25) is 0 Å². The van der Waals surface area contributed by atoms with Gasteiger partial charge in [0.1, 0.15) is 0 Å². The molecule has 4 heteroatoms. The lowest BCUT2D eigenvalue weighted by atomic mass is 10.1. The number of aromatic amines is 1. The first-order valence-electron chi connectivity index (χ1n) is 6.00. The monoisotopic (exact) mass is 231 g/mol. The first kappa shape index (κ1) is 10.6. The normalized spacial score (nSPS) is 16.8. The number of methoxy groups -OCH3 is 1. The molecule has 3 heterocycles. The van der Waals surface area contributed by atoms with Gasteiger partial charge in [-0.1, -0.05) is 0 Å². The summed E-state index contributed by atoms with van der Waals surface area (Å²) in [6.45, 7) is 2.23. The van der Waals surface area contributed by atoms with Gasteiger partial charge in [0.25, 0.3) is 0 Å². The molecule has 0 bridgehead atoms. The molecule has 17 heavy (non-hydrogen) atoms. The maximum Gasteiger partial charge on any atom is 0.215 e. The van der Waals surface area contributed by atoms with Gasteiger partial charge in [-0.15, -0.1) is 0 Å². The highest BCUT2D eigenvalue weighted by Crippen LogP contribution is 2.26. The van der Waals surface area contributed by atoms with Crippen molar-refractivity contribution in [1.82, 2.24) is 14.9 Å². The molecule has 2 aromatic heterocycles. The van der Waals surface area contributed by atoms with Gasteiger partial charge >= 0.3 is 0 Å². The van der Waals surface area contributed by atoms with E-state index in [-0.39, 0.29) is 0 Å². The molecule has 4 nitrogen and oxygen atoms in total. The Hall–Kier alpha value is -1.55. The van der Waals surface area contributed by atoms with E-state index < -0.39 is 0 Å². The first-order chi connectivity index (χ1) is 8.28. The third-order valence-corrected chi connectivity index (χ3v) is 3.55. The van der Waals surface area contributed by atoms with E-state index in [0.717, 1.165) is 31.4 Å². The zero-order valence-electron chi connectivity index (χ0n) is 10.3. The fourth-order valence-electron chi connectivity index (χ4n) is 2.51. The number of nitrogens with zero attached hydrogens (tertiary/aromatic N) is 2. The number of hydrogen-bond donors (Lipinski definition) is 1. The molecule has 1 aliphatic rings. The molecule has 1 N–H and O–H groups in total. The van der Waals surface area contributed by atoms with Gasteiger partial charge in [-0.25, -0.2) is 4.98 Å². The van der Waals surface area contributed by atoms with Crippen molar-refractivity contribution in [2.45, 2.75) is 12.8 Å². The Labute approximate surface area is 101 Å². The summed E-state index contributed by atoms with van der Waals surface area (Å²) < 4.78 is 5.16. The molecule has 0 saturated carbocycles. The van der Waals surface area contributed by atoms with Gasteiger partial charge in [0.15, 0.2) is 0 Å². The van der Waals surface area contributed by atoms with Crippen LogP contribution >= 0.6 is 0 Å². The van der Waals surface area contributed by atoms with Gasteiger partial charge in [-0.05, 0) is 19.0 Å². The van der Waals surface area contributed by atoms with Crippen molar-refractivity contribution in [3.8, 4) is 5.88 Å². The van der Waals surface area contributed by atoms with Gasteiger partial charge in [0.2, 0.25) is 5.88 Å². The Morgan fingerprint density at radius 3 is 3.00 bits per heavy atom. The summed E-state index contributed by atoms with van der Waals surface area (Å²) in [5.41, 5.74) is 3.94. The number of ether oxygens (including phenoxy) is 1. The molecule has 1 aliphatic heterocycles. The number of H-pyrrole nitrogens is 1. The van der Waals surface area contributed by atoms with Crippen molar-refractivity contribution in [3.05, 3.63) is 23.5 Å². The van der Waals surface area contributed by atoms with E-state index in [1.165, 1.54) is 16.6 Å². The average Bonchev–Trinajstić information content (AvgIpc) is 2.60. The largest absolute Gasteiger partial charge is 0.481 e. The molecule has 0 saturated heterocycles. The second-order valence-electron chi connectivity index (χ2n) is 4.66. The SMILES string of the molecule is COc1cc2[nH]c3c(c2cn1)CCN(C)CC3. The van der Waals surface area contributed by atoms with Crippen LogP contribution in [-0.2, 0) is 12.8 Å². The Morgan fingerprint density at radius 2 is 2.18 bits per heavy atom. The van der Waals surface area contributed by atoms with Crippen molar-refractivity contribution >= 4 is 10.9 Å². The summed E-state index contributed by atoms with van der Waals surface area (Å²) in [5, 5.41) is 1.25. The highest BCUT2D eigenvalue weighted by Gasteiger charge is 2.16. The minimum atomic E-state index is 0.672. The lowest BCUT2D eigenvalue weighted by molar-refractivity contribution is 0.352. The quantitative estimate of drug-likeness (QED) is 0.810. The van der Waals surface area contributed by atoms with Crippen LogP contribution in [0.2, 0.25) is 0 Å². The number of hydrogen-bond acceptors (Lipinski definition) is 3. The number of fused-ring (bicyclic) bond motifs is 3. The van der Waals surface area contributed by atoms with Gasteiger partial charge in [0.05, 0.1) is 12.6 Å². The van der Waals surface area contributed by atoms with Crippen LogP contribution in [0.25, 0.3) is 10.9 Å². The number of pyridine rings is 1. The zero-order valence-corrected chi connectivity index (χ0v) is 10.3. The summed E-state index contributed by atoms with van der Waals surface area (Å²) in [4.78, 5) is 10.2. The third kappa shape index (κ3) is 1.78. The standard InChI is InChI=1S/C13H17N3O/c1-16-5-3-9-10-8-14-13(17-2)7-12(10)15-11(9)4-6-16/h7-8,15H,3-6H2,1-2H3. The summed E-state index contributed by atoms with van der Waals surface area (Å²) >= 11 is 0. The van der Waals surface area contributed by atoms with Crippen LogP contribution in [0.15, 0.2) is 12.3 Å². The Bertz CT molecular complexity index is 547. The Balaban J connectivity index is 2.10. The molecule has 0 aliphatic carbocycles. The molecular formula is C13H17N3O. The van der Waals surface area contributed by atoms with Crippen LogP contribution < -0.4 is 4.74 Å². The fourth-order valence-corrected chi connectivity index (χ4v) is 2.51. The van der Waals surface area contributed by atoms with E-state index in [0.29, 0.717) is 5.88 Å². The molecule has 90 valence electrons. The van der Waals surface area contributed by atoms with Crippen LogP contribution in [0.4, 0.5) is 0 Å². The lowest BCUT2D eigenvalue weighted by Crippen LogP contribution is -2.21. The highest BCUT2D eigenvalue weighted by molar-refractivity contribution is 5.84. The fraction of sp³-hybridized carbons (Fsp3) is 0.462. The maximum atomic E-state index is 5.16. The van der Waals surface area contributed by atoms with Gasteiger partial charge < -0.3 is 14.6 Å². The predicted molar refractivity (Wildman–Crippen MR) is 67.6 cm³/mol. The Morgan fingerprint density at radius 1 is 1.35 bits per heavy atom. The van der Waals surface area contributed by atoms with Crippen molar-refractivity contribution in [3.63, 3.8) is 0 Å². The minimum absolute atomic E-state index is 0.672. The molecule has 0 radical (unpaired) electrons. The summed E-state index contributed by atoms with van der Waals surface area (Å²) in [6, 6.07) is 1.98. The Kier molecular flexibility index (Phi) is 2.52. The van der Waals surface area contributed by atoms with E-state index in [1.54, 1.807) is 7.11 Å². The zero-order chi connectivity index (χ0) is 11.8. The molecule has 0 aromatic carbocycles. The maximum absolute atomic E-state index is 5.16. The van der Waals surface area contributed by atoms with Crippen molar-refractivity contribution in [1.29, 1.82) is 0 Å². The smallest absolute Gasteiger partial charge is 0.215 e. The number of likely N-dealkylation sites (N-methyl/N-ethyl adjacent to an activating group) is 1. The molecule has 3 rings (SSSR count). The topological polar surface area (TPSA) is 41.1 Å². The molecule has 0 atom stereocenters. The van der Waals surface area contributed by atoms with Crippen LogP contribution in [0.1, 0.15) is 11.3 Å². The minimum Gasteiger partial charge on any atom is -0.481 e. The van der Waals surface area contributed by atoms with Crippen LogP contribution in [0.3, 0.4) is 0 Å². The van der Waals surface area contributed by atoms with E-state index in [9.17, 15) is 0 Å². The summed E-state index contributed by atoms with van der Waals surface area (Å²) in [5.74, 6) is 0.672. The van der Waals surface area contributed by atoms with Gasteiger partial charge in [-0.2, -0.15) is 0 Å². The second-order valence-corrected chi connectivity index (χ2v) is 4.66. The predicted octanol–water partition coefficient (Wildman–Crippen LogP) is 1.60. The summed E-state index contributed by atoms with van der Waals surface area (Å²) in [7, 11) is 3.83.